The quantitative estimate of drug-likeness (QED) is 0.0598. The molecule has 12 nitrogen and oxygen atoms in total. The Balaban J connectivity index is 1.78. The molecule has 0 aliphatic carbocycles. The molecule has 0 aromatic carbocycles. The van der Waals surface area contributed by atoms with Gasteiger partial charge in [-0.3, -0.25) is 23.9 Å². The highest BCUT2D eigenvalue weighted by Crippen LogP contribution is 2.31. The maximum absolute atomic E-state index is 12.0. The first-order chi connectivity index (χ1) is 23.1. The molecule has 0 N–H and O–H groups in total. The smallest absolute Gasteiger partial charge is 0.303 e. The van der Waals surface area contributed by atoms with Gasteiger partial charge in [0.1, 0.15) is 11.8 Å². The van der Waals surface area contributed by atoms with E-state index in [-0.39, 0.29) is 17.5 Å². The number of ether oxygens (including phenoxy) is 5. The molecule has 48 heavy (non-hydrogen) atoms. The molecule has 1 saturated heterocycles. The highest BCUT2D eigenvalue weighted by Gasteiger charge is 2.52. The van der Waals surface area contributed by atoms with Crippen molar-refractivity contribution in [2.45, 2.75) is 181 Å². The number of unbranched alkanes of at least 4 members (excludes halogenated alkanes) is 15. The fraction of sp³-hybridized carbons (Fsp3) is 0.829. The molecule has 5 atom stereocenters. The summed E-state index contributed by atoms with van der Waals surface area (Å²) in [4.78, 5) is 47.7. The average molecular weight is 698 g/mol. The van der Waals surface area contributed by atoms with Crippen LogP contribution in [0.5, 0.6) is 0 Å². The second-order valence-corrected chi connectivity index (χ2v) is 13.9. The van der Waals surface area contributed by atoms with E-state index in [0.29, 0.717) is 5.69 Å². The molecule has 0 unspecified atom stereocenters. The van der Waals surface area contributed by atoms with Gasteiger partial charge in [-0.25, -0.2) is 0 Å². The second kappa shape index (κ2) is 24.6. The third-order valence-electron chi connectivity index (χ3n) is 8.17. The van der Waals surface area contributed by atoms with Gasteiger partial charge in [-0.1, -0.05) is 120 Å². The topological polar surface area (TPSA) is 145 Å². The maximum atomic E-state index is 12.0. The van der Waals surface area contributed by atoms with Crippen LogP contribution in [0.25, 0.3) is 0 Å². The van der Waals surface area contributed by atoms with Crippen molar-refractivity contribution in [3.63, 3.8) is 0 Å². The lowest BCUT2D eigenvalue weighted by Gasteiger charge is -2.44. The van der Waals surface area contributed by atoms with Gasteiger partial charge in [-0.15, -0.1) is 5.10 Å². The first kappa shape index (κ1) is 41.7. The third-order valence-corrected chi connectivity index (χ3v) is 9.07. The minimum Gasteiger partial charge on any atom is -0.456 e. The van der Waals surface area contributed by atoms with E-state index >= 15 is 0 Å². The third kappa shape index (κ3) is 17.8. The largest absolute Gasteiger partial charge is 0.456 e. The summed E-state index contributed by atoms with van der Waals surface area (Å²) in [5.74, 6) is -1.91. The summed E-state index contributed by atoms with van der Waals surface area (Å²) in [6.45, 7) is 7.97. The predicted octanol–water partition coefficient (Wildman–Crippen LogP) is 6.86. The highest BCUT2D eigenvalue weighted by molar-refractivity contribution is 8.13. The molecule has 0 spiro atoms. The molecule has 0 amide bonds. The van der Waals surface area contributed by atoms with Gasteiger partial charge in [0.05, 0.1) is 12.8 Å². The van der Waals surface area contributed by atoms with Crippen LogP contribution in [0, 0.1) is 0 Å². The van der Waals surface area contributed by atoms with Crippen LogP contribution in [-0.4, -0.2) is 74.5 Å². The molecule has 13 heteroatoms. The highest BCUT2D eigenvalue weighted by atomic mass is 32.2. The Kier molecular flexibility index (Phi) is 21.3. The lowest BCUT2D eigenvalue weighted by molar-refractivity contribution is -0.302. The van der Waals surface area contributed by atoms with Gasteiger partial charge in [-0.05, 0) is 6.42 Å². The Morgan fingerprint density at radius 1 is 0.708 bits per heavy atom. The molecular formula is C35H59N3O9S. The first-order valence-electron chi connectivity index (χ1n) is 17.9. The van der Waals surface area contributed by atoms with E-state index in [4.69, 9.17) is 23.7 Å². The van der Waals surface area contributed by atoms with Crippen LogP contribution in [0.3, 0.4) is 0 Å². The summed E-state index contributed by atoms with van der Waals surface area (Å²) < 4.78 is 30.2. The molecule has 0 saturated carbocycles. The zero-order chi connectivity index (χ0) is 35.1. The SMILES string of the molecule is CCCCCCCCCCCCCCCCCCn1cc(CO[C@@H]2O[C@H](CSC(C)=O)[C@H](OC(C)=O)[C@H](OC(C)=O)[C@H]2OC(C)=O)nn1. The van der Waals surface area contributed by atoms with Gasteiger partial charge in [0.15, 0.2) is 29.7 Å². The van der Waals surface area contributed by atoms with Crippen LogP contribution in [0.4, 0.5) is 0 Å². The van der Waals surface area contributed by atoms with Crippen LogP contribution in [-0.2, 0) is 56.0 Å². The second-order valence-electron chi connectivity index (χ2n) is 12.7. The van der Waals surface area contributed by atoms with E-state index < -0.39 is 48.6 Å². The zero-order valence-corrected chi connectivity index (χ0v) is 30.6. The van der Waals surface area contributed by atoms with Crippen molar-refractivity contribution >= 4 is 34.8 Å². The van der Waals surface area contributed by atoms with Gasteiger partial charge in [0.25, 0.3) is 0 Å². The minimum absolute atomic E-state index is 0.0288. The van der Waals surface area contributed by atoms with Crippen molar-refractivity contribution in [2.75, 3.05) is 5.75 Å². The first-order valence-corrected chi connectivity index (χ1v) is 18.9. The predicted molar refractivity (Wildman–Crippen MR) is 183 cm³/mol. The van der Waals surface area contributed by atoms with Gasteiger partial charge in [0.2, 0.25) is 0 Å². The van der Waals surface area contributed by atoms with Crippen LogP contribution in [0.15, 0.2) is 6.20 Å². The average Bonchev–Trinajstić information content (AvgIpc) is 3.48. The minimum atomic E-state index is -1.24. The molecule has 1 aromatic heterocycles. The van der Waals surface area contributed by atoms with Crippen LogP contribution in [0.1, 0.15) is 143 Å². The van der Waals surface area contributed by atoms with E-state index in [1.54, 1.807) is 10.9 Å². The zero-order valence-electron chi connectivity index (χ0n) is 29.8. The lowest BCUT2D eigenvalue weighted by atomic mass is 9.98. The number of carbonyl (C=O) groups is 4. The summed E-state index contributed by atoms with van der Waals surface area (Å²) in [5, 5.41) is 8.23. The van der Waals surface area contributed by atoms with Crippen molar-refractivity contribution in [1.29, 1.82) is 0 Å². The van der Waals surface area contributed by atoms with E-state index in [9.17, 15) is 19.2 Å². The number of esters is 3. The van der Waals surface area contributed by atoms with Crippen molar-refractivity contribution in [1.82, 2.24) is 15.0 Å². The number of rotatable bonds is 25. The fourth-order valence-electron chi connectivity index (χ4n) is 5.83. The van der Waals surface area contributed by atoms with E-state index in [1.807, 2.05) is 0 Å². The summed E-state index contributed by atoms with van der Waals surface area (Å²) in [6.07, 6.45) is 17.1. The van der Waals surface area contributed by atoms with Crippen molar-refractivity contribution in [2.24, 2.45) is 0 Å². The number of hydrogen-bond donors (Lipinski definition) is 0. The Hall–Kier alpha value is -2.51. The standard InChI is InChI=1S/C35H59N3O9S/c1-6-7-8-9-10-11-12-13-14-15-16-17-18-19-20-21-22-38-23-30(36-37-38)24-43-35-34(46-28(4)41)33(45-27(3)40)32(44-26(2)39)31(47-35)25-48-29(5)42/h23,31-35H,6-22,24-25H2,1-5H3/t31-,32+,33+,34-,35-/m1/s1. The van der Waals surface area contributed by atoms with Crippen molar-refractivity contribution < 1.29 is 42.9 Å². The molecule has 0 bridgehead atoms. The molecule has 2 heterocycles. The van der Waals surface area contributed by atoms with E-state index in [2.05, 4.69) is 17.2 Å². The Morgan fingerprint density at radius 2 is 1.19 bits per heavy atom. The van der Waals surface area contributed by atoms with Crippen LogP contribution < -0.4 is 0 Å². The number of nitrogens with zero attached hydrogens (tertiary/aromatic N) is 3. The maximum Gasteiger partial charge on any atom is 0.303 e. The molecule has 1 aliphatic heterocycles. The van der Waals surface area contributed by atoms with E-state index in [1.165, 1.54) is 118 Å². The van der Waals surface area contributed by atoms with Gasteiger partial charge in [-0.2, -0.15) is 0 Å². The molecule has 1 aromatic rings. The normalized spacial score (nSPS) is 20.7. The Labute approximate surface area is 291 Å². The van der Waals surface area contributed by atoms with Crippen molar-refractivity contribution in [3.05, 3.63) is 11.9 Å². The number of carbonyl (C=O) groups excluding carboxylic acids is 4. The van der Waals surface area contributed by atoms with Crippen LogP contribution >= 0.6 is 11.8 Å². The fourth-order valence-corrected chi connectivity index (χ4v) is 6.49. The van der Waals surface area contributed by atoms with Gasteiger partial charge in [0, 0.05) is 40.0 Å². The number of aryl methyl sites for hydroxylation is 1. The summed E-state index contributed by atoms with van der Waals surface area (Å²) in [6, 6.07) is 0. The number of hydrogen-bond acceptors (Lipinski definition) is 12. The number of aromatic nitrogens is 3. The Bertz CT molecular complexity index is 1090. The summed E-state index contributed by atoms with van der Waals surface area (Å²) >= 11 is 0.961. The van der Waals surface area contributed by atoms with Crippen LogP contribution in [0.2, 0.25) is 0 Å². The number of thioether (sulfide) groups is 1. The van der Waals surface area contributed by atoms with Crippen molar-refractivity contribution in [3.8, 4) is 0 Å². The summed E-state index contributed by atoms with van der Waals surface area (Å²) in [5.41, 5.74) is 0.539. The monoisotopic (exact) mass is 697 g/mol. The van der Waals surface area contributed by atoms with E-state index in [0.717, 1.165) is 31.1 Å². The molecule has 0 radical (unpaired) electrons. The summed E-state index contributed by atoms with van der Waals surface area (Å²) in [7, 11) is 0. The van der Waals surface area contributed by atoms with Gasteiger partial charge >= 0.3 is 17.9 Å². The molecule has 1 aliphatic rings. The van der Waals surface area contributed by atoms with Gasteiger partial charge < -0.3 is 23.7 Å². The molecule has 274 valence electrons. The lowest BCUT2D eigenvalue weighted by Crippen LogP contribution is -2.62. The Morgan fingerprint density at radius 3 is 1.69 bits per heavy atom. The molecule has 1 fully saturated rings. The molecular weight excluding hydrogens is 638 g/mol. The molecule has 2 rings (SSSR count).